The second-order valence-corrected chi connectivity index (χ2v) is 5.16. The number of rotatable bonds is 6. The van der Waals surface area contributed by atoms with Crippen LogP contribution in [0.25, 0.3) is 0 Å². The van der Waals surface area contributed by atoms with Crippen molar-refractivity contribution in [2.24, 2.45) is 0 Å². The van der Waals surface area contributed by atoms with Crippen molar-refractivity contribution in [3.63, 3.8) is 0 Å². The predicted octanol–water partition coefficient (Wildman–Crippen LogP) is 2.76. The molecule has 2 amide bonds. The number of nitrogens with zero attached hydrogens (tertiary/aromatic N) is 1. The second-order valence-electron chi connectivity index (χ2n) is 5.16. The molecule has 2 aromatic carbocycles. The number of ether oxygens (including phenoxy) is 2. The molecule has 0 bridgehead atoms. The summed E-state index contributed by atoms with van der Waals surface area (Å²) in [7, 11) is 1.49. The van der Waals surface area contributed by atoms with Crippen molar-refractivity contribution in [1.29, 1.82) is 0 Å². The van der Waals surface area contributed by atoms with Gasteiger partial charge >= 0.3 is 0 Å². The fourth-order valence-electron chi connectivity index (χ4n) is 2.61. The predicted molar refractivity (Wildman–Crippen MR) is 84.9 cm³/mol. The van der Waals surface area contributed by atoms with Gasteiger partial charge in [0.1, 0.15) is 11.5 Å². The summed E-state index contributed by atoms with van der Waals surface area (Å²) >= 11 is 0. The smallest absolute Gasteiger partial charge is 0.265 e. The van der Waals surface area contributed by atoms with Crippen LogP contribution in [-0.2, 0) is 0 Å². The molecule has 0 atom stereocenters. The molecule has 5 heteroatoms. The molecule has 3 rings (SSSR count). The van der Waals surface area contributed by atoms with Crippen molar-refractivity contribution < 1.29 is 19.1 Å². The molecule has 5 nitrogen and oxygen atoms in total. The van der Waals surface area contributed by atoms with E-state index in [1.54, 1.807) is 18.2 Å². The first-order valence-corrected chi connectivity index (χ1v) is 7.43. The van der Waals surface area contributed by atoms with Gasteiger partial charge < -0.3 is 9.47 Å². The van der Waals surface area contributed by atoms with Crippen molar-refractivity contribution >= 4 is 11.8 Å². The highest BCUT2D eigenvalue weighted by Crippen LogP contribution is 2.30. The van der Waals surface area contributed by atoms with Gasteiger partial charge in [-0.05, 0) is 30.7 Å². The lowest BCUT2D eigenvalue weighted by Crippen LogP contribution is -2.31. The van der Waals surface area contributed by atoms with Gasteiger partial charge in [0.25, 0.3) is 11.8 Å². The van der Waals surface area contributed by atoms with Crippen LogP contribution in [0.15, 0.2) is 48.5 Å². The van der Waals surface area contributed by atoms with Gasteiger partial charge in [0.2, 0.25) is 0 Å². The van der Waals surface area contributed by atoms with E-state index in [0.29, 0.717) is 36.4 Å². The molecule has 23 heavy (non-hydrogen) atoms. The third kappa shape index (κ3) is 2.90. The summed E-state index contributed by atoms with van der Waals surface area (Å²) in [4.78, 5) is 26.0. The molecule has 0 spiro atoms. The molecule has 0 saturated carbocycles. The lowest BCUT2D eigenvalue weighted by Gasteiger charge is -2.14. The van der Waals surface area contributed by atoms with Crippen molar-refractivity contribution in [2.45, 2.75) is 6.42 Å². The van der Waals surface area contributed by atoms with Crippen LogP contribution in [0, 0.1) is 0 Å². The van der Waals surface area contributed by atoms with Gasteiger partial charge in [-0.1, -0.05) is 24.3 Å². The Hall–Kier alpha value is -2.82. The number of para-hydroxylation sites is 1. The highest BCUT2D eigenvalue weighted by molar-refractivity contribution is 6.22. The van der Waals surface area contributed by atoms with Crippen molar-refractivity contribution in [2.75, 3.05) is 20.3 Å². The van der Waals surface area contributed by atoms with Crippen LogP contribution in [0.4, 0.5) is 0 Å². The van der Waals surface area contributed by atoms with E-state index >= 15 is 0 Å². The Kier molecular flexibility index (Phi) is 4.28. The minimum absolute atomic E-state index is 0.274. The summed E-state index contributed by atoms with van der Waals surface area (Å²) in [5, 5.41) is 0. The number of methoxy groups -OCH3 is 1. The second kappa shape index (κ2) is 6.52. The van der Waals surface area contributed by atoms with E-state index in [0.717, 1.165) is 5.75 Å². The maximum Gasteiger partial charge on any atom is 0.265 e. The SMILES string of the molecule is COc1cccc2c1C(=O)N(CCCOc1ccccc1)C2=O. The molecule has 0 radical (unpaired) electrons. The zero-order valence-electron chi connectivity index (χ0n) is 12.8. The van der Waals surface area contributed by atoms with Crippen molar-refractivity contribution in [3.05, 3.63) is 59.7 Å². The van der Waals surface area contributed by atoms with Gasteiger partial charge in [0.15, 0.2) is 0 Å². The van der Waals surface area contributed by atoms with Gasteiger partial charge in [-0.25, -0.2) is 0 Å². The Balaban J connectivity index is 1.62. The van der Waals surface area contributed by atoms with Crippen molar-refractivity contribution in [3.8, 4) is 11.5 Å². The first kappa shape index (κ1) is 15.1. The molecule has 0 fully saturated rings. The molecule has 0 aliphatic carbocycles. The van der Waals surface area contributed by atoms with Gasteiger partial charge in [0.05, 0.1) is 24.8 Å². The van der Waals surface area contributed by atoms with Crippen LogP contribution < -0.4 is 9.47 Å². The van der Waals surface area contributed by atoms with Crippen molar-refractivity contribution in [1.82, 2.24) is 4.90 Å². The van der Waals surface area contributed by atoms with Gasteiger partial charge in [0, 0.05) is 6.54 Å². The summed E-state index contributed by atoms with van der Waals surface area (Å²) in [5.41, 5.74) is 0.752. The lowest BCUT2D eigenvalue weighted by atomic mass is 10.1. The summed E-state index contributed by atoms with van der Waals surface area (Å²) in [6, 6.07) is 14.5. The van der Waals surface area contributed by atoms with Crippen LogP contribution in [0.3, 0.4) is 0 Å². The first-order valence-electron chi connectivity index (χ1n) is 7.43. The molecule has 118 valence electrons. The molecule has 0 aromatic heterocycles. The molecule has 1 aliphatic rings. The maximum absolute atomic E-state index is 12.4. The third-order valence-electron chi connectivity index (χ3n) is 3.72. The number of imide groups is 1. The number of carbonyl (C=O) groups is 2. The van der Waals surface area contributed by atoms with E-state index in [2.05, 4.69) is 0 Å². The first-order chi connectivity index (χ1) is 11.2. The highest BCUT2D eigenvalue weighted by atomic mass is 16.5. The fraction of sp³-hybridized carbons (Fsp3) is 0.222. The summed E-state index contributed by atoms with van der Waals surface area (Å²) in [5.74, 6) is 0.631. The summed E-state index contributed by atoms with van der Waals surface area (Å²) in [6.45, 7) is 0.761. The number of hydrogen-bond donors (Lipinski definition) is 0. The molecular formula is C18H17NO4. The highest BCUT2D eigenvalue weighted by Gasteiger charge is 2.37. The standard InChI is InChI=1S/C18H17NO4/c1-22-15-10-5-9-14-16(15)18(21)19(17(14)20)11-6-12-23-13-7-3-2-4-8-13/h2-5,7-10H,6,11-12H2,1H3. The number of hydrogen-bond acceptors (Lipinski definition) is 4. The maximum atomic E-state index is 12.4. The minimum atomic E-state index is -0.304. The van der Waals surface area contributed by atoms with Gasteiger partial charge in [-0.3, -0.25) is 14.5 Å². The summed E-state index contributed by atoms with van der Waals surface area (Å²) < 4.78 is 10.8. The van der Waals surface area contributed by atoms with Gasteiger partial charge in [-0.2, -0.15) is 0 Å². The zero-order valence-corrected chi connectivity index (χ0v) is 12.8. The average Bonchev–Trinajstić information content (AvgIpc) is 2.84. The lowest BCUT2D eigenvalue weighted by molar-refractivity contribution is 0.0646. The van der Waals surface area contributed by atoms with E-state index in [4.69, 9.17) is 9.47 Å². The molecule has 0 unspecified atom stereocenters. The Morgan fingerprint density at radius 2 is 1.74 bits per heavy atom. The van der Waals surface area contributed by atoms with E-state index in [1.165, 1.54) is 12.0 Å². The molecular weight excluding hydrogens is 294 g/mol. The quantitative estimate of drug-likeness (QED) is 0.608. The van der Waals surface area contributed by atoms with Crippen LogP contribution in [-0.4, -0.2) is 37.0 Å². The van der Waals surface area contributed by atoms with E-state index in [-0.39, 0.29) is 11.8 Å². The normalized spacial score (nSPS) is 13.2. The van der Waals surface area contributed by atoms with Crippen LogP contribution in [0.1, 0.15) is 27.1 Å². The van der Waals surface area contributed by atoms with E-state index < -0.39 is 0 Å². The molecule has 1 heterocycles. The van der Waals surface area contributed by atoms with E-state index in [1.807, 2.05) is 30.3 Å². The molecule has 0 saturated heterocycles. The Morgan fingerprint density at radius 1 is 0.957 bits per heavy atom. The number of amides is 2. The number of fused-ring (bicyclic) bond motifs is 1. The zero-order chi connectivity index (χ0) is 16.2. The largest absolute Gasteiger partial charge is 0.496 e. The van der Waals surface area contributed by atoms with Crippen LogP contribution in [0.5, 0.6) is 11.5 Å². The molecule has 1 aliphatic heterocycles. The molecule has 2 aromatic rings. The topological polar surface area (TPSA) is 55.8 Å². The number of carbonyl (C=O) groups excluding carboxylic acids is 2. The summed E-state index contributed by atoms with van der Waals surface area (Å²) in [6.07, 6.45) is 0.572. The monoisotopic (exact) mass is 311 g/mol. The average molecular weight is 311 g/mol. The van der Waals surface area contributed by atoms with Gasteiger partial charge in [-0.15, -0.1) is 0 Å². The molecule has 0 N–H and O–H groups in total. The Labute approximate surface area is 134 Å². The minimum Gasteiger partial charge on any atom is -0.496 e. The Morgan fingerprint density at radius 3 is 2.48 bits per heavy atom. The fourth-order valence-corrected chi connectivity index (χ4v) is 2.61. The van der Waals surface area contributed by atoms with Crippen LogP contribution >= 0.6 is 0 Å². The Bertz CT molecular complexity index is 727. The van der Waals surface area contributed by atoms with E-state index in [9.17, 15) is 9.59 Å². The third-order valence-corrected chi connectivity index (χ3v) is 3.72. The van der Waals surface area contributed by atoms with Crippen LogP contribution in [0.2, 0.25) is 0 Å². The number of benzene rings is 2.